The molecule has 0 aliphatic carbocycles. The van der Waals surface area contributed by atoms with E-state index in [0.29, 0.717) is 12.5 Å². The maximum atomic E-state index is 5.92. The van der Waals surface area contributed by atoms with Gasteiger partial charge >= 0.3 is 0 Å². The van der Waals surface area contributed by atoms with E-state index in [9.17, 15) is 0 Å². The minimum absolute atomic E-state index is 0.579. The molecule has 0 unspecified atom stereocenters. The van der Waals surface area contributed by atoms with Crippen molar-refractivity contribution in [3.8, 4) is 5.88 Å². The van der Waals surface area contributed by atoms with Gasteiger partial charge in [-0.2, -0.15) is 5.10 Å². The molecule has 106 valence electrons. The highest BCUT2D eigenvalue weighted by Gasteiger charge is 2.10. The van der Waals surface area contributed by atoms with Gasteiger partial charge in [-0.15, -0.1) is 5.10 Å². The molecule has 0 aliphatic rings. The van der Waals surface area contributed by atoms with Gasteiger partial charge < -0.3 is 4.74 Å². The molecule has 21 heavy (non-hydrogen) atoms. The first kappa shape index (κ1) is 13.8. The third kappa shape index (κ3) is 2.98. The Morgan fingerprint density at radius 2 is 1.67 bits per heavy atom. The van der Waals surface area contributed by atoms with E-state index in [-0.39, 0.29) is 0 Å². The van der Waals surface area contributed by atoms with Crippen LogP contribution in [-0.4, -0.2) is 16.8 Å². The number of hydrogen-bond donors (Lipinski definition) is 0. The summed E-state index contributed by atoms with van der Waals surface area (Å²) in [4.78, 5) is 0. The topological polar surface area (TPSA) is 35.0 Å². The fraction of sp³-hybridized carbons (Fsp3) is 0.176. The van der Waals surface area contributed by atoms with Crippen molar-refractivity contribution in [1.29, 1.82) is 0 Å². The summed E-state index contributed by atoms with van der Waals surface area (Å²) in [5.41, 5.74) is 2.10. The van der Waals surface area contributed by atoms with Crippen LogP contribution in [0.1, 0.15) is 18.2 Å². The molecule has 1 heterocycles. The van der Waals surface area contributed by atoms with Crippen LogP contribution < -0.4 is 4.74 Å². The van der Waals surface area contributed by atoms with Crippen LogP contribution in [-0.2, 0) is 6.42 Å². The molecule has 1 aromatic heterocycles. The Kier molecular flexibility index (Phi) is 4.02. The lowest BCUT2D eigenvalue weighted by atomic mass is 10.0. The number of halogens is 1. The zero-order valence-electron chi connectivity index (χ0n) is 11.7. The molecular weight excluding hydrogens is 284 g/mol. The quantitative estimate of drug-likeness (QED) is 0.721. The molecule has 0 N–H and O–H groups in total. The van der Waals surface area contributed by atoms with Gasteiger partial charge in [0.05, 0.1) is 12.3 Å². The molecular formula is C17H15ClN2O. The van der Waals surface area contributed by atoms with Gasteiger partial charge in [0.25, 0.3) is 0 Å². The van der Waals surface area contributed by atoms with Gasteiger partial charge in [0.1, 0.15) is 0 Å². The largest absolute Gasteiger partial charge is 0.476 e. The first-order valence-electron chi connectivity index (χ1n) is 6.89. The van der Waals surface area contributed by atoms with Crippen molar-refractivity contribution in [2.45, 2.75) is 13.3 Å². The first-order chi connectivity index (χ1) is 10.3. The predicted molar refractivity (Wildman–Crippen MR) is 85.0 cm³/mol. The van der Waals surface area contributed by atoms with Crippen LogP contribution in [0.25, 0.3) is 10.8 Å². The molecule has 0 fully saturated rings. The van der Waals surface area contributed by atoms with Crippen molar-refractivity contribution in [2.24, 2.45) is 0 Å². The smallest absolute Gasteiger partial charge is 0.241 e. The van der Waals surface area contributed by atoms with Crippen LogP contribution in [0.15, 0.2) is 48.5 Å². The summed E-state index contributed by atoms with van der Waals surface area (Å²) in [5.74, 6) is 0.591. The molecule has 0 radical (unpaired) electrons. The van der Waals surface area contributed by atoms with Crippen molar-refractivity contribution < 1.29 is 4.74 Å². The highest BCUT2D eigenvalue weighted by Crippen LogP contribution is 2.26. The number of ether oxygens (including phenoxy) is 1. The van der Waals surface area contributed by atoms with Crippen molar-refractivity contribution in [3.05, 3.63) is 64.8 Å². The molecule has 4 heteroatoms. The third-order valence-corrected chi connectivity index (χ3v) is 3.55. The summed E-state index contributed by atoms with van der Waals surface area (Å²) in [7, 11) is 0. The van der Waals surface area contributed by atoms with Crippen LogP contribution in [0.4, 0.5) is 0 Å². The van der Waals surface area contributed by atoms with Gasteiger partial charge in [-0.3, -0.25) is 0 Å². The van der Waals surface area contributed by atoms with Gasteiger partial charge in [-0.05, 0) is 30.7 Å². The van der Waals surface area contributed by atoms with Crippen LogP contribution in [0, 0.1) is 0 Å². The second-order valence-corrected chi connectivity index (χ2v) is 5.17. The summed E-state index contributed by atoms with van der Waals surface area (Å²) < 4.78 is 5.55. The summed E-state index contributed by atoms with van der Waals surface area (Å²) >= 11 is 5.92. The van der Waals surface area contributed by atoms with Crippen molar-refractivity contribution in [3.63, 3.8) is 0 Å². The molecule has 0 aliphatic heterocycles. The molecule has 0 amide bonds. The van der Waals surface area contributed by atoms with E-state index in [2.05, 4.69) is 16.3 Å². The fourth-order valence-corrected chi connectivity index (χ4v) is 2.43. The molecule has 0 saturated heterocycles. The van der Waals surface area contributed by atoms with Crippen LogP contribution in [0.5, 0.6) is 5.88 Å². The Balaban J connectivity index is 2.03. The first-order valence-corrected chi connectivity index (χ1v) is 7.27. The number of aromatic nitrogens is 2. The van der Waals surface area contributed by atoms with Gasteiger partial charge in [0.2, 0.25) is 5.88 Å². The van der Waals surface area contributed by atoms with Crippen molar-refractivity contribution in [1.82, 2.24) is 10.2 Å². The van der Waals surface area contributed by atoms with E-state index in [1.807, 2.05) is 49.4 Å². The van der Waals surface area contributed by atoms with E-state index in [4.69, 9.17) is 16.3 Å². The number of rotatable bonds is 4. The minimum Gasteiger partial charge on any atom is -0.476 e. The minimum atomic E-state index is 0.579. The van der Waals surface area contributed by atoms with E-state index in [0.717, 1.165) is 33.5 Å². The number of nitrogens with zero attached hydrogens (tertiary/aromatic N) is 2. The lowest BCUT2D eigenvalue weighted by molar-refractivity contribution is 0.327. The molecule has 2 aromatic carbocycles. The molecule has 3 rings (SSSR count). The average Bonchev–Trinajstić information content (AvgIpc) is 2.52. The van der Waals surface area contributed by atoms with E-state index in [1.54, 1.807) is 0 Å². The molecule has 0 bridgehead atoms. The van der Waals surface area contributed by atoms with Crippen molar-refractivity contribution in [2.75, 3.05) is 6.61 Å². The maximum absolute atomic E-state index is 5.92. The number of hydrogen-bond acceptors (Lipinski definition) is 3. The SMILES string of the molecule is CCOc1nnc(Cc2ccc(Cl)cc2)c2ccccc12. The standard InChI is InChI=1S/C17H15ClN2O/c1-2-21-17-15-6-4-3-5-14(15)16(19-20-17)11-12-7-9-13(18)10-8-12/h3-10H,2,11H2,1H3. The van der Waals surface area contributed by atoms with Crippen LogP contribution >= 0.6 is 11.6 Å². The zero-order valence-corrected chi connectivity index (χ0v) is 12.5. The number of benzene rings is 2. The summed E-state index contributed by atoms with van der Waals surface area (Å²) in [6, 6.07) is 15.9. The third-order valence-electron chi connectivity index (χ3n) is 3.30. The Labute approximate surface area is 128 Å². The summed E-state index contributed by atoms with van der Waals surface area (Å²) in [6.45, 7) is 2.52. The Morgan fingerprint density at radius 1 is 0.952 bits per heavy atom. The second-order valence-electron chi connectivity index (χ2n) is 4.73. The normalized spacial score (nSPS) is 10.8. The second kappa shape index (κ2) is 6.10. The monoisotopic (exact) mass is 298 g/mol. The van der Waals surface area contributed by atoms with Gasteiger partial charge in [-0.25, -0.2) is 0 Å². The lowest BCUT2D eigenvalue weighted by Crippen LogP contribution is -2.01. The summed E-state index contributed by atoms with van der Waals surface area (Å²) in [5, 5.41) is 11.4. The fourth-order valence-electron chi connectivity index (χ4n) is 2.30. The van der Waals surface area contributed by atoms with Crippen LogP contribution in [0.2, 0.25) is 5.02 Å². The Morgan fingerprint density at radius 3 is 2.38 bits per heavy atom. The lowest BCUT2D eigenvalue weighted by Gasteiger charge is -2.09. The summed E-state index contributed by atoms with van der Waals surface area (Å²) in [6.07, 6.45) is 0.719. The highest BCUT2D eigenvalue weighted by atomic mass is 35.5. The van der Waals surface area contributed by atoms with E-state index >= 15 is 0 Å². The number of fused-ring (bicyclic) bond motifs is 1. The van der Waals surface area contributed by atoms with Gasteiger partial charge in [-0.1, -0.05) is 41.9 Å². The predicted octanol–water partition coefficient (Wildman–Crippen LogP) is 4.27. The van der Waals surface area contributed by atoms with Gasteiger partial charge in [0.15, 0.2) is 0 Å². The van der Waals surface area contributed by atoms with E-state index < -0.39 is 0 Å². The van der Waals surface area contributed by atoms with E-state index in [1.165, 1.54) is 0 Å². The average molecular weight is 299 g/mol. The highest BCUT2D eigenvalue weighted by molar-refractivity contribution is 6.30. The molecule has 0 saturated carbocycles. The Hall–Kier alpha value is -2.13. The van der Waals surface area contributed by atoms with Crippen molar-refractivity contribution >= 4 is 22.4 Å². The van der Waals surface area contributed by atoms with Crippen LogP contribution in [0.3, 0.4) is 0 Å². The Bertz CT molecular complexity index is 756. The maximum Gasteiger partial charge on any atom is 0.241 e. The zero-order chi connectivity index (χ0) is 14.7. The van der Waals surface area contributed by atoms with Gasteiger partial charge in [0, 0.05) is 22.2 Å². The molecule has 0 spiro atoms. The molecule has 0 atom stereocenters. The molecule has 3 nitrogen and oxygen atoms in total. The molecule has 3 aromatic rings.